The van der Waals surface area contributed by atoms with Crippen molar-refractivity contribution < 1.29 is 4.79 Å². The normalized spacial score (nSPS) is 10.1. The van der Waals surface area contributed by atoms with Gasteiger partial charge in [-0.05, 0) is 23.6 Å². The molecule has 0 unspecified atom stereocenters. The van der Waals surface area contributed by atoms with Crippen LogP contribution in [-0.4, -0.2) is 5.91 Å². The van der Waals surface area contributed by atoms with Crippen LogP contribution in [0.3, 0.4) is 0 Å². The van der Waals surface area contributed by atoms with Crippen molar-refractivity contribution in [3.63, 3.8) is 0 Å². The van der Waals surface area contributed by atoms with Crippen molar-refractivity contribution >= 4 is 11.6 Å². The second-order valence-corrected chi connectivity index (χ2v) is 3.90. The third-order valence-corrected chi connectivity index (χ3v) is 2.70. The number of rotatable bonds is 3. The summed E-state index contributed by atoms with van der Waals surface area (Å²) < 4.78 is 0. The van der Waals surface area contributed by atoms with Gasteiger partial charge in [-0.3, -0.25) is 4.79 Å². The molecular formula is C14H14N2O. The van der Waals surface area contributed by atoms with Crippen molar-refractivity contribution in [3.8, 4) is 0 Å². The molecular weight excluding hydrogens is 212 g/mol. The maximum absolute atomic E-state index is 11.2. The highest BCUT2D eigenvalue weighted by molar-refractivity contribution is 5.98. The Hall–Kier alpha value is -2.29. The number of hydrogen-bond acceptors (Lipinski definition) is 2. The van der Waals surface area contributed by atoms with Gasteiger partial charge in [0, 0.05) is 5.69 Å². The minimum absolute atomic E-state index is 0.387. The minimum atomic E-state index is -0.489. The summed E-state index contributed by atoms with van der Waals surface area (Å²) in [6, 6.07) is 15.3. The molecule has 17 heavy (non-hydrogen) atoms. The van der Waals surface area contributed by atoms with Crippen LogP contribution in [0, 0.1) is 0 Å². The predicted octanol–water partition coefficient (Wildman–Crippen LogP) is 1.96. The van der Waals surface area contributed by atoms with E-state index < -0.39 is 5.91 Å². The first-order valence-electron chi connectivity index (χ1n) is 5.39. The number of para-hydroxylation sites is 1. The van der Waals surface area contributed by atoms with E-state index in [1.807, 2.05) is 36.4 Å². The van der Waals surface area contributed by atoms with Crippen LogP contribution >= 0.6 is 0 Å². The van der Waals surface area contributed by atoms with Crippen LogP contribution < -0.4 is 11.5 Å². The lowest BCUT2D eigenvalue weighted by Crippen LogP contribution is -2.14. The number of amides is 1. The van der Waals surface area contributed by atoms with Gasteiger partial charge >= 0.3 is 0 Å². The fraction of sp³-hybridized carbons (Fsp3) is 0.0714. The largest absolute Gasteiger partial charge is 0.398 e. The predicted molar refractivity (Wildman–Crippen MR) is 68.6 cm³/mol. The van der Waals surface area contributed by atoms with E-state index in [0.717, 1.165) is 11.1 Å². The Bertz CT molecular complexity index is 535. The van der Waals surface area contributed by atoms with E-state index in [9.17, 15) is 4.79 Å². The summed E-state index contributed by atoms with van der Waals surface area (Å²) in [4.78, 5) is 11.2. The number of benzene rings is 2. The van der Waals surface area contributed by atoms with Gasteiger partial charge in [0.15, 0.2) is 0 Å². The smallest absolute Gasteiger partial charge is 0.250 e. The zero-order valence-electron chi connectivity index (χ0n) is 9.39. The van der Waals surface area contributed by atoms with Crippen LogP contribution in [0.4, 0.5) is 5.69 Å². The number of carbonyl (C=O) groups is 1. The van der Waals surface area contributed by atoms with Crippen LogP contribution in [0.25, 0.3) is 0 Å². The summed E-state index contributed by atoms with van der Waals surface area (Å²) in [6.45, 7) is 0. The van der Waals surface area contributed by atoms with Gasteiger partial charge in [-0.25, -0.2) is 0 Å². The zero-order chi connectivity index (χ0) is 12.3. The molecule has 0 bridgehead atoms. The van der Waals surface area contributed by atoms with Crippen LogP contribution in [0.2, 0.25) is 0 Å². The molecule has 0 fully saturated rings. The van der Waals surface area contributed by atoms with Gasteiger partial charge < -0.3 is 11.5 Å². The van der Waals surface area contributed by atoms with Gasteiger partial charge in [-0.15, -0.1) is 0 Å². The third kappa shape index (κ3) is 2.45. The fourth-order valence-corrected chi connectivity index (χ4v) is 1.80. The first-order valence-corrected chi connectivity index (χ1v) is 5.39. The molecule has 0 aliphatic rings. The lowest BCUT2D eigenvalue weighted by molar-refractivity contribution is 0.100. The molecule has 0 radical (unpaired) electrons. The number of primary amides is 1. The summed E-state index contributed by atoms with van der Waals surface area (Å²) in [5.41, 5.74) is 14.1. The molecule has 2 aromatic rings. The van der Waals surface area contributed by atoms with Crippen molar-refractivity contribution in [2.24, 2.45) is 5.73 Å². The highest BCUT2D eigenvalue weighted by Gasteiger charge is 2.09. The molecule has 4 N–H and O–H groups in total. The van der Waals surface area contributed by atoms with Gasteiger partial charge in [0.2, 0.25) is 0 Å². The maximum Gasteiger partial charge on any atom is 0.250 e. The summed E-state index contributed by atoms with van der Waals surface area (Å²) in [7, 11) is 0. The standard InChI is InChI=1S/C14H14N2O/c15-13-11(7-4-8-12(13)14(16)17)9-10-5-2-1-3-6-10/h1-8H,9,15H2,(H2,16,17). The Morgan fingerprint density at radius 2 is 1.71 bits per heavy atom. The van der Waals surface area contributed by atoms with E-state index >= 15 is 0 Å². The first-order chi connectivity index (χ1) is 8.18. The molecule has 0 saturated heterocycles. The zero-order valence-corrected chi connectivity index (χ0v) is 9.39. The number of nitrogen functional groups attached to an aromatic ring is 1. The molecule has 0 spiro atoms. The first kappa shape index (κ1) is 11.2. The molecule has 0 saturated carbocycles. The SMILES string of the molecule is NC(=O)c1cccc(Cc2ccccc2)c1N. The average molecular weight is 226 g/mol. The number of nitrogens with two attached hydrogens (primary N) is 2. The van der Waals surface area contributed by atoms with Crippen molar-refractivity contribution in [3.05, 3.63) is 65.2 Å². The molecule has 0 heterocycles. The minimum Gasteiger partial charge on any atom is -0.398 e. The van der Waals surface area contributed by atoms with Crippen molar-refractivity contribution in [2.45, 2.75) is 6.42 Å². The van der Waals surface area contributed by atoms with Crippen LogP contribution in [0.15, 0.2) is 48.5 Å². The summed E-state index contributed by atoms with van der Waals surface area (Å²) in [5.74, 6) is -0.489. The molecule has 2 rings (SSSR count). The molecule has 2 aromatic carbocycles. The van der Waals surface area contributed by atoms with Gasteiger partial charge in [-0.2, -0.15) is 0 Å². The molecule has 0 aliphatic carbocycles. The van der Waals surface area contributed by atoms with Gasteiger partial charge in [0.1, 0.15) is 0 Å². The van der Waals surface area contributed by atoms with Crippen molar-refractivity contribution in [1.29, 1.82) is 0 Å². The van der Waals surface area contributed by atoms with Gasteiger partial charge in [0.05, 0.1) is 5.56 Å². The number of hydrogen-bond donors (Lipinski definition) is 2. The van der Waals surface area contributed by atoms with E-state index in [0.29, 0.717) is 17.7 Å². The molecule has 3 nitrogen and oxygen atoms in total. The van der Waals surface area contributed by atoms with Crippen LogP contribution in [0.5, 0.6) is 0 Å². The Labute approximate surface area is 100 Å². The Kier molecular flexibility index (Phi) is 3.10. The van der Waals surface area contributed by atoms with E-state index in [4.69, 9.17) is 11.5 Å². The molecule has 86 valence electrons. The van der Waals surface area contributed by atoms with Gasteiger partial charge in [-0.1, -0.05) is 42.5 Å². The lowest BCUT2D eigenvalue weighted by Gasteiger charge is -2.08. The molecule has 1 amide bonds. The van der Waals surface area contributed by atoms with E-state index in [-0.39, 0.29) is 0 Å². The third-order valence-electron chi connectivity index (χ3n) is 2.70. The maximum atomic E-state index is 11.2. The Morgan fingerprint density at radius 3 is 2.35 bits per heavy atom. The summed E-state index contributed by atoms with van der Waals surface area (Å²) >= 11 is 0. The highest BCUT2D eigenvalue weighted by Crippen LogP contribution is 2.20. The van der Waals surface area contributed by atoms with E-state index in [1.54, 1.807) is 12.1 Å². The molecule has 0 atom stereocenters. The van der Waals surface area contributed by atoms with E-state index in [1.165, 1.54) is 0 Å². The number of anilines is 1. The highest BCUT2D eigenvalue weighted by atomic mass is 16.1. The van der Waals surface area contributed by atoms with Crippen molar-refractivity contribution in [1.82, 2.24) is 0 Å². The topological polar surface area (TPSA) is 69.1 Å². The van der Waals surface area contributed by atoms with Crippen molar-refractivity contribution in [2.75, 3.05) is 5.73 Å². The molecule has 3 heteroatoms. The second kappa shape index (κ2) is 4.70. The lowest BCUT2D eigenvalue weighted by atomic mass is 10.00. The quantitative estimate of drug-likeness (QED) is 0.785. The summed E-state index contributed by atoms with van der Waals surface area (Å²) in [5, 5.41) is 0. The fourth-order valence-electron chi connectivity index (χ4n) is 1.80. The Balaban J connectivity index is 2.34. The average Bonchev–Trinajstić information content (AvgIpc) is 2.33. The monoisotopic (exact) mass is 226 g/mol. The molecule has 0 aromatic heterocycles. The second-order valence-electron chi connectivity index (χ2n) is 3.90. The molecule has 0 aliphatic heterocycles. The van der Waals surface area contributed by atoms with Crippen LogP contribution in [0.1, 0.15) is 21.5 Å². The van der Waals surface area contributed by atoms with Gasteiger partial charge in [0.25, 0.3) is 5.91 Å². The number of carbonyl (C=O) groups excluding carboxylic acids is 1. The van der Waals surface area contributed by atoms with Crippen LogP contribution in [-0.2, 0) is 6.42 Å². The summed E-state index contributed by atoms with van der Waals surface area (Å²) in [6.07, 6.45) is 0.702. The Morgan fingerprint density at radius 1 is 1.00 bits per heavy atom. The van der Waals surface area contributed by atoms with E-state index in [2.05, 4.69) is 0 Å².